The molecule has 1 fully saturated rings. The minimum Gasteiger partial charge on any atom is -0.366 e. The van der Waals surface area contributed by atoms with E-state index in [-0.39, 0.29) is 24.1 Å². The number of hydrogen-bond donors (Lipinski definition) is 1. The summed E-state index contributed by atoms with van der Waals surface area (Å²) in [7, 11) is 0. The lowest BCUT2D eigenvalue weighted by Gasteiger charge is -2.36. The first-order valence-electron chi connectivity index (χ1n) is 8.56. The Morgan fingerprint density at radius 1 is 1.04 bits per heavy atom. The number of halogens is 1. The fraction of sp³-hybridized carbons (Fsp3) is 0.316. The fourth-order valence-corrected chi connectivity index (χ4v) is 2.92. The number of pyridine rings is 1. The molecule has 1 N–H and O–H groups in total. The van der Waals surface area contributed by atoms with Crippen LogP contribution in [-0.4, -0.2) is 47.9 Å². The lowest BCUT2D eigenvalue weighted by Crippen LogP contribution is -2.49. The van der Waals surface area contributed by atoms with Gasteiger partial charge in [-0.2, -0.15) is 0 Å². The van der Waals surface area contributed by atoms with Gasteiger partial charge < -0.3 is 15.1 Å². The average Bonchev–Trinajstić information content (AvgIpc) is 2.68. The number of nitrogens with one attached hydrogen (secondary N) is 1. The quantitative estimate of drug-likeness (QED) is 0.826. The number of rotatable bonds is 5. The molecule has 2 amide bonds. The van der Waals surface area contributed by atoms with E-state index < -0.39 is 0 Å². The van der Waals surface area contributed by atoms with Gasteiger partial charge in [0.15, 0.2) is 0 Å². The molecule has 2 aromatic rings. The number of carbonyl (C=O) groups is 2. The number of piperazine rings is 1. The van der Waals surface area contributed by atoms with Crippen molar-refractivity contribution in [2.45, 2.75) is 13.0 Å². The highest BCUT2D eigenvalue weighted by Gasteiger charge is 2.23. The number of benzene rings is 1. The van der Waals surface area contributed by atoms with Crippen LogP contribution < -0.4 is 10.2 Å². The first-order valence-corrected chi connectivity index (χ1v) is 8.56. The molecule has 1 aliphatic heterocycles. The summed E-state index contributed by atoms with van der Waals surface area (Å²) < 4.78 is 13.8. The Balaban J connectivity index is 1.45. The molecule has 1 aromatic heterocycles. The van der Waals surface area contributed by atoms with Crippen LogP contribution in [0.15, 0.2) is 48.8 Å². The highest BCUT2D eigenvalue weighted by molar-refractivity contribution is 5.96. The van der Waals surface area contributed by atoms with Crippen molar-refractivity contribution in [3.05, 3.63) is 60.2 Å². The molecule has 1 aliphatic rings. The van der Waals surface area contributed by atoms with Gasteiger partial charge in [0.2, 0.25) is 11.8 Å². The maximum atomic E-state index is 13.8. The Labute approximate surface area is 151 Å². The molecular weight excluding hydrogens is 335 g/mol. The van der Waals surface area contributed by atoms with E-state index in [4.69, 9.17) is 0 Å². The monoisotopic (exact) mass is 356 g/mol. The molecule has 136 valence electrons. The summed E-state index contributed by atoms with van der Waals surface area (Å²) in [5.74, 6) is -0.767. The van der Waals surface area contributed by atoms with Gasteiger partial charge in [0.05, 0.1) is 5.69 Å². The second kappa shape index (κ2) is 8.42. The topological polar surface area (TPSA) is 65.5 Å². The number of aromatic nitrogens is 1. The Hall–Kier alpha value is -2.96. The predicted molar refractivity (Wildman–Crippen MR) is 95.9 cm³/mol. The number of amides is 2. The zero-order valence-corrected chi connectivity index (χ0v) is 14.4. The summed E-state index contributed by atoms with van der Waals surface area (Å²) in [6, 6.07) is 10.2. The molecule has 1 saturated heterocycles. The summed E-state index contributed by atoms with van der Waals surface area (Å²) in [6.07, 6.45) is 3.13. The predicted octanol–water partition coefficient (Wildman–Crippen LogP) is 1.58. The van der Waals surface area contributed by atoms with Crippen molar-refractivity contribution in [3.8, 4) is 0 Å². The molecular formula is C19H21FN4O2. The second-order valence-corrected chi connectivity index (χ2v) is 6.13. The Morgan fingerprint density at radius 2 is 1.73 bits per heavy atom. The molecule has 1 aromatic carbocycles. The molecule has 3 rings (SSSR count). The van der Waals surface area contributed by atoms with Crippen molar-refractivity contribution in [2.75, 3.05) is 31.1 Å². The van der Waals surface area contributed by atoms with Crippen molar-refractivity contribution >= 4 is 17.5 Å². The van der Waals surface area contributed by atoms with E-state index in [9.17, 15) is 14.0 Å². The molecule has 7 heteroatoms. The molecule has 6 nitrogen and oxygen atoms in total. The molecule has 0 atom stereocenters. The van der Waals surface area contributed by atoms with E-state index in [0.29, 0.717) is 38.4 Å². The standard InChI is InChI=1S/C19H21FN4O2/c20-16-3-1-2-4-17(16)23-9-11-24(12-10-23)19(26)13-18(25)22-14-15-5-7-21-8-6-15/h1-8H,9-14H2,(H,22,25). The van der Waals surface area contributed by atoms with Crippen LogP contribution in [0.4, 0.5) is 10.1 Å². The van der Waals surface area contributed by atoms with Crippen LogP contribution in [0, 0.1) is 5.82 Å². The zero-order valence-electron chi connectivity index (χ0n) is 14.4. The van der Waals surface area contributed by atoms with Gasteiger partial charge in [-0.25, -0.2) is 4.39 Å². The van der Waals surface area contributed by atoms with Crippen LogP contribution in [0.3, 0.4) is 0 Å². The van der Waals surface area contributed by atoms with Gasteiger partial charge in [0.25, 0.3) is 0 Å². The number of anilines is 1. The lowest BCUT2D eigenvalue weighted by molar-refractivity contribution is -0.136. The highest BCUT2D eigenvalue weighted by atomic mass is 19.1. The van der Waals surface area contributed by atoms with E-state index in [0.717, 1.165) is 5.56 Å². The van der Waals surface area contributed by atoms with Gasteiger partial charge in [-0.1, -0.05) is 12.1 Å². The van der Waals surface area contributed by atoms with Crippen molar-refractivity contribution in [1.82, 2.24) is 15.2 Å². The molecule has 0 radical (unpaired) electrons. The summed E-state index contributed by atoms with van der Waals surface area (Å²) in [6.45, 7) is 2.42. The van der Waals surface area contributed by atoms with Crippen molar-refractivity contribution in [2.24, 2.45) is 0 Å². The van der Waals surface area contributed by atoms with Crippen molar-refractivity contribution < 1.29 is 14.0 Å². The van der Waals surface area contributed by atoms with Crippen LogP contribution in [0.1, 0.15) is 12.0 Å². The third kappa shape index (κ3) is 4.56. The van der Waals surface area contributed by atoms with Crippen LogP contribution in [0.2, 0.25) is 0 Å². The van der Waals surface area contributed by atoms with E-state index in [1.165, 1.54) is 6.07 Å². The van der Waals surface area contributed by atoms with Crippen molar-refractivity contribution in [1.29, 1.82) is 0 Å². The third-order valence-corrected chi connectivity index (χ3v) is 4.38. The Bertz CT molecular complexity index is 761. The maximum Gasteiger partial charge on any atom is 0.232 e. The van der Waals surface area contributed by atoms with E-state index in [1.807, 2.05) is 17.0 Å². The number of carbonyl (C=O) groups excluding carboxylic acids is 2. The van der Waals surface area contributed by atoms with E-state index in [1.54, 1.807) is 35.5 Å². The molecule has 26 heavy (non-hydrogen) atoms. The zero-order chi connectivity index (χ0) is 18.4. The van der Waals surface area contributed by atoms with E-state index in [2.05, 4.69) is 10.3 Å². The maximum absolute atomic E-state index is 13.8. The van der Waals surface area contributed by atoms with Gasteiger partial charge in [-0.15, -0.1) is 0 Å². The molecule has 2 heterocycles. The average molecular weight is 356 g/mol. The highest BCUT2D eigenvalue weighted by Crippen LogP contribution is 2.20. The summed E-state index contributed by atoms with van der Waals surface area (Å²) >= 11 is 0. The number of nitrogens with zero attached hydrogens (tertiary/aromatic N) is 3. The van der Waals surface area contributed by atoms with Gasteiger partial charge >= 0.3 is 0 Å². The minimum atomic E-state index is -0.302. The SMILES string of the molecule is O=C(CC(=O)N1CCN(c2ccccc2F)CC1)NCc1ccncc1. The molecule has 0 saturated carbocycles. The Morgan fingerprint density at radius 3 is 2.42 bits per heavy atom. The first kappa shape index (κ1) is 17.8. The normalized spacial score (nSPS) is 14.2. The molecule has 0 unspecified atom stereocenters. The Kier molecular flexibility index (Phi) is 5.78. The van der Waals surface area contributed by atoms with Crippen LogP contribution in [0.5, 0.6) is 0 Å². The van der Waals surface area contributed by atoms with Gasteiger partial charge in [0, 0.05) is 45.1 Å². The second-order valence-electron chi connectivity index (χ2n) is 6.13. The fourth-order valence-electron chi connectivity index (χ4n) is 2.92. The largest absolute Gasteiger partial charge is 0.366 e. The summed E-state index contributed by atoms with van der Waals surface area (Å²) in [4.78, 5) is 31.7. The van der Waals surface area contributed by atoms with Crippen LogP contribution in [0.25, 0.3) is 0 Å². The third-order valence-electron chi connectivity index (χ3n) is 4.38. The smallest absolute Gasteiger partial charge is 0.232 e. The molecule has 0 spiro atoms. The summed E-state index contributed by atoms with van der Waals surface area (Å²) in [5, 5.41) is 2.74. The van der Waals surface area contributed by atoms with Crippen LogP contribution in [-0.2, 0) is 16.1 Å². The van der Waals surface area contributed by atoms with E-state index >= 15 is 0 Å². The lowest BCUT2D eigenvalue weighted by atomic mass is 10.2. The number of para-hydroxylation sites is 1. The van der Waals surface area contributed by atoms with Crippen LogP contribution >= 0.6 is 0 Å². The van der Waals surface area contributed by atoms with Gasteiger partial charge in [-0.3, -0.25) is 14.6 Å². The molecule has 0 bridgehead atoms. The minimum absolute atomic E-state index is 0.176. The van der Waals surface area contributed by atoms with Gasteiger partial charge in [-0.05, 0) is 29.8 Å². The molecule has 0 aliphatic carbocycles. The first-order chi connectivity index (χ1) is 12.6. The summed E-state index contributed by atoms with van der Waals surface area (Å²) in [5.41, 5.74) is 1.48. The van der Waals surface area contributed by atoms with Gasteiger partial charge in [0.1, 0.15) is 12.2 Å². The van der Waals surface area contributed by atoms with Crippen molar-refractivity contribution in [3.63, 3.8) is 0 Å². The number of hydrogen-bond acceptors (Lipinski definition) is 4.